The van der Waals surface area contributed by atoms with Gasteiger partial charge in [0.15, 0.2) is 0 Å². The zero-order valence-electron chi connectivity index (χ0n) is 11.3. The van der Waals surface area contributed by atoms with Gasteiger partial charge in [-0.2, -0.15) is 0 Å². The lowest BCUT2D eigenvalue weighted by Crippen LogP contribution is -2.32. The zero-order valence-corrected chi connectivity index (χ0v) is 12.1. The highest BCUT2D eigenvalue weighted by Gasteiger charge is 2.16. The van der Waals surface area contributed by atoms with Gasteiger partial charge in [0, 0.05) is 6.04 Å². The van der Waals surface area contributed by atoms with Crippen LogP contribution in [0.15, 0.2) is 29.2 Å². The zero-order chi connectivity index (χ0) is 13.0. The van der Waals surface area contributed by atoms with Gasteiger partial charge >= 0.3 is 0 Å². The summed E-state index contributed by atoms with van der Waals surface area (Å²) in [6.07, 6.45) is 6.18. The van der Waals surface area contributed by atoms with Crippen molar-refractivity contribution in [2.45, 2.75) is 62.8 Å². The van der Waals surface area contributed by atoms with Gasteiger partial charge in [-0.05, 0) is 36.5 Å². The van der Waals surface area contributed by atoms with Crippen LogP contribution in [-0.4, -0.2) is 10.3 Å². The summed E-state index contributed by atoms with van der Waals surface area (Å²) in [5, 5.41) is 0. The third kappa shape index (κ3) is 3.66. The van der Waals surface area contributed by atoms with Crippen LogP contribution >= 0.6 is 0 Å². The predicted octanol–water partition coefficient (Wildman–Crippen LogP) is 3.75. The lowest BCUT2D eigenvalue weighted by molar-refractivity contribution is 0.419. The van der Waals surface area contributed by atoms with Gasteiger partial charge < -0.3 is 0 Å². The highest BCUT2D eigenvalue weighted by Crippen LogP contribution is 2.20. The average Bonchev–Trinajstić information content (AvgIpc) is 2.40. The predicted molar refractivity (Wildman–Crippen MR) is 76.9 cm³/mol. The summed E-state index contributed by atoms with van der Waals surface area (Å²) in [6.45, 7) is 4.35. The third-order valence-electron chi connectivity index (χ3n) is 3.64. The minimum absolute atomic E-state index is 0.435. The summed E-state index contributed by atoms with van der Waals surface area (Å²) in [5.74, 6) is 0.527. The molecule has 1 atom stereocenters. The highest BCUT2D eigenvalue weighted by molar-refractivity contribution is 7.83. The van der Waals surface area contributed by atoms with E-state index in [2.05, 4.69) is 30.7 Å². The maximum Gasteiger partial charge on any atom is 0.125 e. The normalized spacial score (nSPS) is 19.1. The number of benzene rings is 1. The number of nitrogens with one attached hydrogen (secondary N) is 1. The topological polar surface area (TPSA) is 29.1 Å². The van der Waals surface area contributed by atoms with E-state index in [0.717, 1.165) is 17.7 Å². The molecule has 1 saturated carbocycles. The molecule has 0 heterocycles. The van der Waals surface area contributed by atoms with Crippen molar-refractivity contribution in [2.75, 3.05) is 0 Å². The molecule has 0 aromatic heterocycles. The molecule has 1 fully saturated rings. The molecule has 1 aliphatic rings. The lowest BCUT2D eigenvalue weighted by Gasteiger charge is -2.22. The van der Waals surface area contributed by atoms with Gasteiger partial charge in [0.05, 0.1) is 4.90 Å². The van der Waals surface area contributed by atoms with Gasteiger partial charge in [0.1, 0.15) is 11.0 Å². The molecule has 0 radical (unpaired) electrons. The van der Waals surface area contributed by atoms with E-state index in [1.165, 1.54) is 24.8 Å². The van der Waals surface area contributed by atoms with Gasteiger partial charge in [0.25, 0.3) is 0 Å². The van der Waals surface area contributed by atoms with Crippen molar-refractivity contribution < 1.29 is 4.21 Å². The monoisotopic (exact) mass is 265 g/mol. The van der Waals surface area contributed by atoms with Crippen molar-refractivity contribution in [3.63, 3.8) is 0 Å². The quantitative estimate of drug-likeness (QED) is 0.882. The van der Waals surface area contributed by atoms with E-state index in [9.17, 15) is 4.21 Å². The van der Waals surface area contributed by atoms with Crippen molar-refractivity contribution in [2.24, 2.45) is 0 Å². The maximum atomic E-state index is 12.2. The Balaban J connectivity index is 1.95. The van der Waals surface area contributed by atoms with Crippen LogP contribution in [0.3, 0.4) is 0 Å². The third-order valence-corrected chi connectivity index (χ3v) is 4.89. The molecule has 3 heteroatoms. The second-order valence-electron chi connectivity index (χ2n) is 5.45. The molecule has 1 aliphatic carbocycles. The summed E-state index contributed by atoms with van der Waals surface area (Å²) in [4.78, 5) is 0.893. The van der Waals surface area contributed by atoms with Gasteiger partial charge in [-0.15, -0.1) is 0 Å². The van der Waals surface area contributed by atoms with Crippen LogP contribution in [0, 0.1) is 0 Å². The molecule has 2 nitrogen and oxygen atoms in total. The molecule has 1 N–H and O–H groups in total. The molecule has 0 spiro atoms. The fourth-order valence-corrected chi connectivity index (χ4v) is 3.47. The highest BCUT2D eigenvalue weighted by atomic mass is 32.2. The van der Waals surface area contributed by atoms with Crippen LogP contribution < -0.4 is 4.72 Å². The standard InChI is InChI=1S/C15H23NOS/c1-12(2)13-8-10-15(11-9-13)18(17)16-14-6-4-3-5-7-14/h8-12,14,16H,3-7H2,1-2H3. The average molecular weight is 265 g/mol. The lowest BCUT2D eigenvalue weighted by atomic mass is 9.96. The van der Waals surface area contributed by atoms with Gasteiger partial charge in [-0.25, -0.2) is 8.93 Å². The summed E-state index contributed by atoms with van der Waals surface area (Å²) in [7, 11) is -1.05. The number of rotatable bonds is 4. The number of hydrogen-bond acceptors (Lipinski definition) is 1. The summed E-state index contributed by atoms with van der Waals surface area (Å²) < 4.78 is 15.5. The summed E-state index contributed by atoms with van der Waals surface area (Å²) in [5.41, 5.74) is 1.30. The molecule has 0 saturated heterocycles. The first-order chi connectivity index (χ1) is 8.66. The summed E-state index contributed by atoms with van der Waals surface area (Å²) in [6, 6.07) is 8.58. The van der Waals surface area contributed by atoms with Crippen LogP contribution in [0.4, 0.5) is 0 Å². The Morgan fingerprint density at radius 2 is 1.72 bits per heavy atom. The summed E-state index contributed by atoms with van der Waals surface area (Å²) >= 11 is 0. The van der Waals surface area contributed by atoms with E-state index in [1.54, 1.807) is 0 Å². The van der Waals surface area contributed by atoms with E-state index < -0.39 is 11.0 Å². The van der Waals surface area contributed by atoms with Gasteiger partial charge in [-0.3, -0.25) is 0 Å². The van der Waals surface area contributed by atoms with Gasteiger partial charge in [0.2, 0.25) is 0 Å². The molecule has 0 amide bonds. The molecule has 100 valence electrons. The van der Waals surface area contributed by atoms with Gasteiger partial charge in [-0.1, -0.05) is 45.2 Å². The SMILES string of the molecule is CC(C)c1ccc(S(=O)NC2CCCCC2)cc1. The molecule has 2 rings (SSSR count). The Bertz CT molecular complexity index is 393. The van der Waals surface area contributed by atoms with E-state index in [0.29, 0.717) is 12.0 Å². The first-order valence-corrected chi connectivity index (χ1v) is 8.09. The Morgan fingerprint density at radius 3 is 2.28 bits per heavy atom. The smallest absolute Gasteiger partial charge is 0.125 e. The fourth-order valence-electron chi connectivity index (χ4n) is 2.42. The molecule has 1 aromatic carbocycles. The first kappa shape index (κ1) is 13.8. The van der Waals surface area contributed by atoms with Crippen LogP contribution in [0.5, 0.6) is 0 Å². The van der Waals surface area contributed by atoms with Crippen molar-refractivity contribution in [3.05, 3.63) is 29.8 Å². The first-order valence-electron chi connectivity index (χ1n) is 6.94. The molecule has 18 heavy (non-hydrogen) atoms. The van der Waals surface area contributed by atoms with E-state index >= 15 is 0 Å². The molecule has 1 unspecified atom stereocenters. The fraction of sp³-hybridized carbons (Fsp3) is 0.600. The minimum Gasteiger partial charge on any atom is -0.237 e. The number of hydrogen-bond donors (Lipinski definition) is 1. The molecular weight excluding hydrogens is 242 g/mol. The Hall–Kier alpha value is -0.670. The molecule has 0 bridgehead atoms. The minimum atomic E-state index is -1.05. The molecule has 0 aliphatic heterocycles. The second-order valence-corrected chi connectivity index (χ2v) is 6.69. The van der Waals surface area contributed by atoms with Crippen LogP contribution in [-0.2, 0) is 11.0 Å². The Morgan fingerprint density at radius 1 is 1.11 bits per heavy atom. The van der Waals surface area contributed by atoms with E-state index in [4.69, 9.17) is 0 Å². The largest absolute Gasteiger partial charge is 0.237 e. The van der Waals surface area contributed by atoms with Crippen molar-refractivity contribution in [3.8, 4) is 0 Å². The van der Waals surface area contributed by atoms with Crippen molar-refractivity contribution >= 4 is 11.0 Å². The van der Waals surface area contributed by atoms with Crippen LogP contribution in [0.1, 0.15) is 57.4 Å². The Labute approximate surface area is 113 Å². The van der Waals surface area contributed by atoms with Crippen molar-refractivity contribution in [1.82, 2.24) is 4.72 Å². The van der Waals surface area contributed by atoms with E-state index in [-0.39, 0.29) is 0 Å². The Kier molecular flexibility index (Phi) is 4.95. The van der Waals surface area contributed by atoms with Crippen LogP contribution in [0.25, 0.3) is 0 Å². The molecule has 1 aromatic rings. The maximum absolute atomic E-state index is 12.2. The van der Waals surface area contributed by atoms with Crippen LogP contribution in [0.2, 0.25) is 0 Å². The van der Waals surface area contributed by atoms with E-state index in [1.807, 2.05) is 12.1 Å². The second kappa shape index (κ2) is 6.48. The molecular formula is C15H23NOS. The van der Waals surface area contributed by atoms with Crippen molar-refractivity contribution in [1.29, 1.82) is 0 Å².